The van der Waals surface area contributed by atoms with Crippen LogP contribution in [0.3, 0.4) is 0 Å². The molecule has 4 aromatic rings. The SMILES string of the molecule is Cn1c(=O)c2c(-c3ccccc3)n3c(c2n(C)c1=O)[C@@H](c1ccccc1O)OCC3(C)C. The Balaban J connectivity index is 2.04. The van der Waals surface area contributed by atoms with Gasteiger partial charge in [0.2, 0.25) is 0 Å². The largest absolute Gasteiger partial charge is 0.508 e. The first-order valence-electron chi connectivity index (χ1n) is 10.5. The number of ether oxygens (including phenoxy) is 1. The van der Waals surface area contributed by atoms with Crippen LogP contribution in [0.5, 0.6) is 5.75 Å². The van der Waals surface area contributed by atoms with Crippen molar-refractivity contribution in [1.82, 2.24) is 13.7 Å². The minimum Gasteiger partial charge on any atom is -0.508 e. The van der Waals surface area contributed by atoms with Gasteiger partial charge in [-0.25, -0.2) is 4.79 Å². The fourth-order valence-electron chi connectivity index (χ4n) is 4.81. The molecule has 0 bridgehead atoms. The summed E-state index contributed by atoms with van der Waals surface area (Å²) in [6, 6.07) is 16.7. The van der Waals surface area contributed by atoms with Crippen molar-refractivity contribution in [1.29, 1.82) is 0 Å². The van der Waals surface area contributed by atoms with Crippen LogP contribution in [0, 0.1) is 0 Å². The molecule has 0 saturated carbocycles. The van der Waals surface area contributed by atoms with Crippen molar-refractivity contribution in [2.24, 2.45) is 14.1 Å². The lowest BCUT2D eigenvalue weighted by Crippen LogP contribution is -2.40. The number of rotatable bonds is 2. The molecule has 164 valence electrons. The molecule has 7 heteroatoms. The first-order chi connectivity index (χ1) is 15.2. The number of para-hydroxylation sites is 1. The van der Waals surface area contributed by atoms with Crippen molar-refractivity contribution in [3.63, 3.8) is 0 Å². The van der Waals surface area contributed by atoms with Crippen LogP contribution in [-0.2, 0) is 24.4 Å². The molecule has 2 aromatic heterocycles. The van der Waals surface area contributed by atoms with Crippen LogP contribution in [0.4, 0.5) is 0 Å². The van der Waals surface area contributed by atoms with Crippen molar-refractivity contribution in [2.75, 3.05) is 6.61 Å². The molecule has 2 aromatic carbocycles. The van der Waals surface area contributed by atoms with E-state index in [9.17, 15) is 14.7 Å². The first-order valence-corrected chi connectivity index (χ1v) is 10.5. The highest BCUT2D eigenvalue weighted by atomic mass is 16.5. The highest BCUT2D eigenvalue weighted by Crippen LogP contribution is 2.46. The smallest absolute Gasteiger partial charge is 0.331 e. The minimum absolute atomic E-state index is 0.105. The molecule has 0 saturated heterocycles. The second-order valence-electron chi connectivity index (χ2n) is 8.93. The van der Waals surface area contributed by atoms with Gasteiger partial charge in [0, 0.05) is 19.7 Å². The highest BCUT2D eigenvalue weighted by Gasteiger charge is 2.41. The molecule has 0 fully saturated rings. The summed E-state index contributed by atoms with van der Waals surface area (Å²) in [4.78, 5) is 26.4. The lowest BCUT2D eigenvalue weighted by molar-refractivity contribution is -0.00798. The van der Waals surface area contributed by atoms with E-state index >= 15 is 0 Å². The number of hydrogen-bond acceptors (Lipinski definition) is 4. The Labute approximate surface area is 184 Å². The average Bonchev–Trinajstić information content (AvgIpc) is 3.15. The van der Waals surface area contributed by atoms with Crippen molar-refractivity contribution < 1.29 is 9.84 Å². The number of phenolic OH excluding ortho intramolecular Hbond substituents is 1. The van der Waals surface area contributed by atoms with E-state index in [0.717, 1.165) is 15.8 Å². The molecule has 1 N–H and O–H groups in total. The van der Waals surface area contributed by atoms with E-state index in [2.05, 4.69) is 4.57 Å². The van der Waals surface area contributed by atoms with E-state index in [1.54, 1.807) is 19.2 Å². The van der Waals surface area contributed by atoms with Gasteiger partial charge in [0.15, 0.2) is 0 Å². The first kappa shape index (κ1) is 20.3. The van der Waals surface area contributed by atoms with Crippen molar-refractivity contribution >= 4 is 10.9 Å². The van der Waals surface area contributed by atoms with E-state index in [1.165, 1.54) is 11.6 Å². The second-order valence-corrected chi connectivity index (χ2v) is 8.93. The maximum absolute atomic E-state index is 13.5. The quantitative estimate of drug-likeness (QED) is 0.528. The second kappa shape index (κ2) is 6.97. The van der Waals surface area contributed by atoms with Gasteiger partial charge in [-0.05, 0) is 25.5 Å². The van der Waals surface area contributed by atoms with Crippen LogP contribution in [0.1, 0.15) is 31.2 Å². The molecule has 3 heterocycles. The number of benzene rings is 2. The van der Waals surface area contributed by atoms with E-state index in [-0.39, 0.29) is 11.3 Å². The Morgan fingerprint density at radius 3 is 2.31 bits per heavy atom. The third-order valence-electron chi connectivity index (χ3n) is 6.33. The molecule has 1 atom stereocenters. The fraction of sp³-hybridized carbons (Fsp3) is 0.280. The molecular formula is C25H25N3O4. The molecule has 0 unspecified atom stereocenters. The normalized spacial score (nSPS) is 17.4. The zero-order chi connectivity index (χ0) is 22.8. The minimum atomic E-state index is -0.637. The Morgan fingerprint density at radius 1 is 0.969 bits per heavy atom. The van der Waals surface area contributed by atoms with Gasteiger partial charge in [0.25, 0.3) is 5.56 Å². The maximum atomic E-state index is 13.5. The van der Waals surface area contributed by atoms with Crippen LogP contribution in [0.15, 0.2) is 64.2 Å². The summed E-state index contributed by atoms with van der Waals surface area (Å²) >= 11 is 0. The molecule has 0 amide bonds. The van der Waals surface area contributed by atoms with Gasteiger partial charge in [-0.1, -0.05) is 48.5 Å². The van der Waals surface area contributed by atoms with E-state index in [4.69, 9.17) is 4.74 Å². The zero-order valence-electron chi connectivity index (χ0n) is 18.5. The molecule has 1 aliphatic heterocycles. The number of fused-ring (bicyclic) bond motifs is 3. The number of aromatic nitrogens is 3. The molecule has 0 spiro atoms. The summed E-state index contributed by atoms with van der Waals surface area (Å²) in [5.74, 6) is 0.105. The molecule has 1 aliphatic rings. The number of phenols is 1. The van der Waals surface area contributed by atoms with E-state index < -0.39 is 17.3 Å². The lowest BCUT2D eigenvalue weighted by atomic mass is 9.97. The molecule has 0 aliphatic carbocycles. The lowest BCUT2D eigenvalue weighted by Gasteiger charge is -2.39. The van der Waals surface area contributed by atoms with Crippen LogP contribution >= 0.6 is 0 Å². The standard InChI is InChI=1S/C25H25N3O4/c1-25(2)14-32-22(16-12-8-9-13-17(16)29)21-20-18(23(30)27(4)24(31)26(20)3)19(28(21)25)15-10-6-5-7-11-15/h5-13,22,29H,14H2,1-4H3/t22-/m1/s1. The molecule has 0 radical (unpaired) electrons. The molecular weight excluding hydrogens is 406 g/mol. The van der Waals surface area contributed by atoms with Gasteiger partial charge >= 0.3 is 5.69 Å². The Hall–Kier alpha value is -3.58. The predicted molar refractivity (Wildman–Crippen MR) is 123 cm³/mol. The molecule has 32 heavy (non-hydrogen) atoms. The third-order valence-corrected chi connectivity index (χ3v) is 6.33. The summed E-state index contributed by atoms with van der Waals surface area (Å²) in [5.41, 5.74) is 2.18. The summed E-state index contributed by atoms with van der Waals surface area (Å²) < 4.78 is 11.1. The van der Waals surface area contributed by atoms with Crippen LogP contribution in [-0.4, -0.2) is 25.4 Å². The number of aryl methyl sites for hydroxylation is 1. The number of aromatic hydroxyl groups is 1. The maximum Gasteiger partial charge on any atom is 0.331 e. The summed E-state index contributed by atoms with van der Waals surface area (Å²) in [6.07, 6.45) is -0.637. The van der Waals surface area contributed by atoms with Gasteiger partial charge < -0.3 is 14.4 Å². The van der Waals surface area contributed by atoms with Gasteiger partial charge in [0.1, 0.15) is 11.9 Å². The molecule has 7 nitrogen and oxygen atoms in total. The summed E-state index contributed by atoms with van der Waals surface area (Å²) in [5, 5.41) is 11.1. The summed E-state index contributed by atoms with van der Waals surface area (Å²) in [7, 11) is 3.17. The Kier molecular flexibility index (Phi) is 4.43. The Morgan fingerprint density at radius 2 is 1.62 bits per heavy atom. The van der Waals surface area contributed by atoms with Gasteiger partial charge in [0.05, 0.1) is 34.4 Å². The third kappa shape index (κ3) is 2.71. The summed E-state index contributed by atoms with van der Waals surface area (Å²) in [6.45, 7) is 4.46. The van der Waals surface area contributed by atoms with Gasteiger partial charge in [-0.3, -0.25) is 13.9 Å². The highest BCUT2D eigenvalue weighted by molar-refractivity contribution is 5.96. The fourth-order valence-corrected chi connectivity index (χ4v) is 4.81. The van der Waals surface area contributed by atoms with E-state index in [1.807, 2.05) is 56.3 Å². The number of hydrogen-bond donors (Lipinski definition) is 1. The van der Waals surface area contributed by atoms with Crippen LogP contribution in [0.25, 0.3) is 22.2 Å². The van der Waals surface area contributed by atoms with Gasteiger partial charge in [-0.2, -0.15) is 0 Å². The predicted octanol–water partition coefficient (Wildman–Crippen LogP) is 3.27. The average molecular weight is 431 g/mol. The monoisotopic (exact) mass is 431 g/mol. The zero-order valence-corrected chi connectivity index (χ0v) is 18.5. The van der Waals surface area contributed by atoms with Crippen LogP contribution in [0.2, 0.25) is 0 Å². The van der Waals surface area contributed by atoms with Gasteiger partial charge in [-0.15, -0.1) is 0 Å². The van der Waals surface area contributed by atoms with Crippen molar-refractivity contribution in [2.45, 2.75) is 25.5 Å². The van der Waals surface area contributed by atoms with E-state index in [0.29, 0.717) is 28.8 Å². The number of nitrogens with zero attached hydrogens (tertiary/aromatic N) is 3. The molecule has 5 rings (SSSR count). The van der Waals surface area contributed by atoms with Crippen LogP contribution < -0.4 is 11.2 Å². The van der Waals surface area contributed by atoms with Crippen molar-refractivity contribution in [3.05, 3.63) is 86.7 Å². The topological polar surface area (TPSA) is 78.4 Å². The van der Waals surface area contributed by atoms with Crippen molar-refractivity contribution in [3.8, 4) is 17.0 Å². The Bertz CT molecular complexity index is 1480.